The lowest BCUT2D eigenvalue weighted by Gasteiger charge is -2.11. The fraction of sp³-hybridized carbons (Fsp3) is 0.0952. The summed E-state index contributed by atoms with van der Waals surface area (Å²) in [4.78, 5) is 41.6. The summed E-state index contributed by atoms with van der Waals surface area (Å²) < 4.78 is 1.01. The van der Waals surface area contributed by atoms with Gasteiger partial charge in [0.15, 0.2) is 0 Å². The molecule has 0 aliphatic carbocycles. The van der Waals surface area contributed by atoms with Crippen molar-refractivity contribution in [3.63, 3.8) is 0 Å². The van der Waals surface area contributed by atoms with Gasteiger partial charge < -0.3 is 15.5 Å². The molecule has 2 N–H and O–H groups in total. The van der Waals surface area contributed by atoms with E-state index in [-0.39, 0.29) is 18.1 Å². The molecule has 2 aromatic carbocycles. The van der Waals surface area contributed by atoms with Crippen molar-refractivity contribution in [2.24, 2.45) is 0 Å². The third-order valence-electron chi connectivity index (χ3n) is 3.88. The molecule has 148 valence electrons. The van der Waals surface area contributed by atoms with Crippen molar-refractivity contribution in [1.82, 2.24) is 4.73 Å². The molecule has 0 atom stereocenters. The van der Waals surface area contributed by atoms with Gasteiger partial charge in [0.25, 0.3) is 11.5 Å². The minimum atomic E-state index is -0.582. The fourth-order valence-corrected chi connectivity index (χ4v) is 2.77. The van der Waals surface area contributed by atoms with E-state index < -0.39 is 11.5 Å². The molecular formula is C21H18ClN3O4. The summed E-state index contributed by atoms with van der Waals surface area (Å²) in [5, 5.41) is 5.85. The number of amides is 2. The van der Waals surface area contributed by atoms with E-state index in [4.69, 9.17) is 16.4 Å². The standard InChI is InChI=1S/C21H18ClN3O4/c1-14(26)23-17-7-9-18(10-8-17)24-20(27)19-6-3-11-25(21(19)28)29-13-15-4-2-5-16(22)12-15/h2-12H,13H2,1H3,(H,23,26)(H,24,27). The van der Waals surface area contributed by atoms with E-state index in [0.29, 0.717) is 16.4 Å². The van der Waals surface area contributed by atoms with Gasteiger partial charge >= 0.3 is 0 Å². The summed E-state index contributed by atoms with van der Waals surface area (Å²) in [6.45, 7) is 1.53. The van der Waals surface area contributed by atoms with E-state index in [0.717, 1.165) is 10.3 Å². The van der Waals surface area contributed by atoms with Gasteiger partial charge in [0.05, 0.1) is 0 Å². The predicted octanol–water partition coefficient (Wildman–Crippen LogP) is 3.34. The number of nitrogens with zero attached hydrogens (tertiary/aromatic N) is 1. The van der Waals surface area contributed by atoms with Crippen LogP contribution in [0.2, 0.25) is 5.02 Å². The lowest BCUT2D eigenvalue weighted by Crippen LogP contribution is -2.32. The first-order valence-corrected chi connectivity index (χ1v) is 9.08. The van der Waals surface area contributed by atoms with E-state index in [1.165, 1.54) is 19.2 Å². The summed E-state index contributed by atoms with van der Waals surface area (Å²) in [7, 11) is 0. The molecule has 0 unspecified atom stereocenters. The molecule has 0 fully saturated rings. The maximum absolute atomic E-state index is 12.6. The van der Waals surface area contributed by atoms with Crippen molar-refractivity contribution in [1.29, 1.82) is 0 Å². The van der Waals surface area contributed by atoms with Crippen LogP contribution in [0.1, 0.15) is 22.8 Å². The van der Waals surface area contributed by atoms with Crippen LogP contribution in [0.25, 0.3) is 0 Å². The zero-order valence-electron chi connectivity index (χ0n) is 15.5. The Morgan fingerprint density at radius 3 is 2.34 bits per heavy atom. The van der Waals surface area contributed by atoms with Gasteiger partial charge in [-0.3, -0.25) is 14.4 Å². The van der Waals surface area contributed by atoms with Gasteiger partial charge in [0.2, 0.25) is 5.91 Å². The quantitative estimate of drug-likeness (QED) is 0.651. The van der Waals surface area contributed by atoms with E-state index in [1.54, 1.807) is 48.5 Å². The second-order valence-electron chi connectivity index (χ2n) is 6.17. The normalized spacial score (nSPS) is 10.3. The van der Waals surface area contributed by atoms with Crippen molar-refractivity contribution in [2.45, 2.75) is 13.5 Å². The summed E-state index contributed by atoms with van der Waals surface area (Å²) in [5.41, 5.74) is 1.23. The van der Waals surface area contributed by atoms with Gasteiger partial charge in [-0.1, -0.05) is 23.7 Å². The Morgan fingerprint density at radius 2 is 1.69 bits per heavy atom. The summed E-state index contributed by atoms with van der Waals surface area (Å²) in [6.07, 6.45) is 1.44. The molecule has 29 heavy (non-hydrogen) atoms. The van der Waals surface area contributed by atoms with Crippen LogP contribution in [0, 0.1) is 0 Å². The van der Waals surface area contributed by atoms with Gasteiger partial charge in [-0.15, -0.1) is 0 Å². The predicted molar refractivity (Wildman–Crippen MR) is 111 cm³/mol. The zero-order chi connectivity index (χ0) is 20.8. The van der Waals surface area contributed by atoms with Crippen molar-refractivity contribution in [3.05, 3.63) is 93.4 Å². The summed E-state index contributed by atoms with van der Waals surface area (Å²) in [5.74, 6) is -0.757. The number of hydrogen-bond acceptors (Lipinski definition) is 4. The number of benzene rings is 2. The number of hydrogen-bond donors (Lipinski definition) is 2. The minimum absolute atomic E-state index is 0.0652. The van der Waals surface area contributed by atoms with Gasteiger partial charge in [0.1, 0.15) is 12.2 Å². The molecule has 0 saturated heterocycles. The van der Waals surface area contributed by atoms with Crippen LogP contribution in [-0.4, -0.2) is 16.5 Å². The maximum Gasteiger partial charge on any atom is 0.295 e. The molecule has 0 saturated carbocycles. The lowest BCUT2D eigenvalue weighted by molar-refractivity contribution is -0.114. The monoisotopic (exact) mass is 411 g/mol. The van der Waals surface area contributed by atoms with Crippen LogP contribution >= 0.6 is 11.6 Å². The largest absolute Gasteiger partial charge is 0.406 e. The zero-order valence-corrected chi connectivity index (χ0v) is 16.3. The van der Waals surface area contributed by atoms with E-state index in [9.17, 15) is 14.4 Å². The number of carbonyl (C=O) groups excluding carboxylic acids is 2. The van der Waals surface area contributed by atoms with Crippen LogP contribution in [0.4, 0.5) is 11.4 Å². The average molecular weight is 412 g/mol. The Morgan fingerprint density at radius 1 is 1.00 bits per heavy atom. The Kier molecular flexibility index (Phi) is 6.31. The molecule has 0 bridgehead atoms. The first-order valence-electron chi connectivity index (χ1n) is 8.71. The van der Waals surface area contributed by atoms with Crippen molar-refractivity contribution >= 4 is 34.8 Å². The first-order chi connectivity index (χ1) is 13.9. The molecule has 7 nitrogen and oxygen atoms in total. The van der Waals surface area contributed by atoms with Gasteiger partial charge in [-0.25, -0.2) is 0 Å². The Hall–Kier alpha value is -3.58. The number of rotatable bonds is 6. The molecular weight excluding hydrogens is 394 g/mol. The number of aromatic nitrogens is 1. The first kappa shape index (κ1) is 20.2. The number of carbonyl (C=O) groups is 2. The molecule has 8 heteroatoms. The summed E-state index contributed by atoms with van der Waals surface area (Å²) >= 11 is 5.94. The van der Waals surface area contributed by atoms with Crippen LogP contribution in [-0.2, 0) is 11.4 Å². The SMILES string of the molecule is CC(=O)Nc1ccc(NC(=O)c2cccn(OCc3cccc(Cl)c3)c2=O)cc1. The highest BCUT2D eigenvalue weighted by Gasteiger charge is 2.13. The van der Waals surface area contributed by atoms with Gasteiger partial charge in [-0.05, 0) is 54.1 Å². The third-order valence-corrected chi connectivity index (χ3v) is 4.12. The third kappa shape index (κ3) is 5.46. The smallest absolute Gasteiger partial charge is 0.295 e. The lowest BCUT2D eigenvalue weighted by atomic mass is 10.2. The van der Waals surface area contributed by atoms with Gasteiger partial charge in [-0.2, -0.15) is 4.73 Å². The highest BCUT2D eigenvalue weighted by atomic mass is 35.5. The highest BCUT2D eigenvalue weighted by molar-refractivity contribution is 6.30. The highest BCUT2D eigenvalue weighted by Crippen LogP contribution is 2.14. The molecule has 2 amide bonds. The number of anilines is 2. The fourth-order valence-electron chi connectivity index (χ4n) is 2.56. The van der Waals surface area contributed by atoms with Crippen molar-refractivity contribution in [3.8, 4) is 0 Å². The van der Waals surface area contributed by atoms with Crippen LogP contribution in [0.3, 0.4) is 0 Å². The molecule has 0 radical (unpaired) electrons. The van der Waals surface area contributed by atoms with Gasteiger partial charge in [0, 0.05) is 29.5 Å². The van der Waals surface area contributed by atoms with Crippen molar-refractivity contribution in [2.75, 3.05) is 10.6 Å². The van der Waals surface area contributed by atoms with Crippen LogP contribution in [0.15, 0.2) is 71.7 Å². The molecule has 0 spiro atoms. The summed E-state index contributed by atoms with van der Waals surface area (Å²) in [6, 6.07) is 16.6. The molecule has 0 aliphatic heterocycles. The van der Waals surface area contributed by atoms with E-state index >= 15 is 0 Å². The molecule has 1 heterocycles. The van der Waals surface area contributed by atoms with E-state index in [1.807, 2.05) is 6.07 Å². The minimum Gasteiger partial charge on any atom is -0.406 e. The molecule has 1 aromatic heterocycles. The van der Waals surface area contributed by atoms with Crippen LogP contribution in [0.5, 0.6) is 0 Å². The molecule has 0 aliphatic rings. The second-order valence-corrected chi connectivity index (χ2v) is 6.61. The average Bonchev–Trinajstić information content (AvgIpc) is 2.68. The topological polar surface area (TPSA) is 89.4 Å². The number of halogens is 1. The number of nitrogens with one attached hydrogen (secondary N) is 2. The van der Waals surface area contributed by atoms with Crippen LogP contribution < -0.4 is 21.0 Å². The Bertz CT molecular complexity index is 1090. The molecule has 3 rings (SSSR count). The molecule has 3 aromatic rings. The Balaban J connectivity index is 1.70. The Labute approximate surface area is 171 Å². The maximum atomic E-state index is 12.6. The van der Waals surface area contributed by atoms with E-state index in [2.05, 4.69) is 10.6 Å². The number of pyridine rings is 1. The van der Waals surface area contributed by atoms with Crippen molar-refractivity contribution < 1.29 is 14.4 Å². The second kappa shape index (κ2) is 9.07.